The Morgan fingerprint density at radius 1 is 1.38 bits per heavy atom. The lowest BCUT2D eigenvalue weighted by Crippen LogP contribution is -2.09. The molecule has 16 heavy (non-hydrogen) atoms. The Bertz CT molecular complexity index is 387. The molecule has 86 valence electrons. The minimum atomic E-state index is -0.198. The van der Waals surface area contributed by atoms with Crippen LogP contribution in [-0.2, 0) is 14.3 Å². The van der Waals surface area contributed by atoms with Gasteiger partial charge in [0.15, 0.2) is 0 Å². The van der Waals surface area contributed by atoms with Crippen molar-refractivity contribution in [3.63, 3.8) is 0 Å². The van der Waals surface area contributed by atoms with Crippen LogP contribution in [0.1, 0.15) is 43.6 Å². The standard InChI is InChI=1S/C13H16O3/c1-3-15-13(14)8-12-11-7-5-4-6-10(11)9(2)16-12/h4-7,9,12H,3,8H2,1-2H3/t9-,12-/m1/s1. The van der Waals surface area contributed by atoms with Crippen LogP contribution in [-0.4, -0.2) is 12.6 Å². The van der Waals surface area contributed by atoms with Crippen LogP contribution >= 0.6 is 0 Å². The van der Waals surface area contributed by atoms with Crippen LogP contribution in [0.4, 0.5) is 0 Å². The van der Waals surface area contributed by atoms with Gasteiger partial charge in [-0.25, -0.2) is 0 Å². The van der Waals surface area contributed by atoms with E-state index in [0.29, 0.717) is 13.0 Å². The molecule has 3 nitrogen and oxygen atoms in total. The van der Waals surface area contributed by atoms with E-state index in [-0.39, 0.29) is 18.2 Å². The maximum absolute atomic E-state index is 11.4. The molecule has 0 saturated heterocycles. The Morgan fingerprint density at radius 3 is 2.75 bits per heavy atom. The maximum atomic E-state index is 11.4. The molecule has 0 aromatic heterocycles. The summed E-state index contributed by atoms with van der Waals surface area (Å²) in [7, 11) is 0. The largest absolute Gasteiger partial charge is 0.466 e. The van der Waals surface area contributed by atoms with Gasteiger partial charge in [-0.1, -0.05) is 24.3 Å². The highest BCUT2D eigenvalue weighted by Crippen LogP contribution is 2.40. The Labute approximate surface area is 95.4 Å². The van der Waals surface area contributed by atoms with Gasteiger partial charge in [0.2, 0.25) is 0 Å². The number of rotatable bonds is 3. The molecular formula is C13H16O3. The average Bonchev–Trinajstić information content (AvgIpc) is 2.57. The van der Waals surface area contributed by atoms with Crippen molar-refractivity contribution in [1.29, 1.82) is 0 Å². The molecule has 0 unspecified atom stereocenters. The molecule has 0 N–H and O–H groups in total. The normalized spacial score (nSPS) is 22.9. The first-order valence-electron chi connectivity index (χ1n) is 5.62. The van der Waals surface area contributed by atoms with Crippen molar-refractivity contribution in [3.05, 3.63) is 35.4 Å². The van der Waals surface area contributed by atoms with Crippen molar-refractivity contribution in [2.45, 2.75) is 32.5 Å². The smallest absolute Gasteiger partial charge is 0.308 e. The van der Waals surface area contributed by atoms with E-state index in [1.54, 1.807) is 0 Å². The lowest BCUT2D eigenvalue weighted by atomic mass is 10.0. The SMILES string of the molecule is CCOC(=O)C[C@H]1O[C@H](C)c2ccccc21. The Hall–Kier alpha value is -1.35. The lowest BCUT2D eigenvalue weighted by molar-refractivity contribution is -0.146. The number of hydrogen-bond donors (Lipinski definition) is 0. The van der Waals surface area contributed by atoms with Crippen molar-refractivity contribution in [1.82, 2.24) is 0 Å². The van der Waals surface area contributed by atoms with Crippen LogP contribution in [0.25, 0.3) is 0 Å². The Balaban J connectivity index is 2.12. The molecule has 1 aliphatic rings. The third-order valence-corrected chi connectivity index (χ3v) is 2.81. The van der Waals surface area contributed by atoms with Gasteiger partial charge in [0.1, 0.15) is 0 Å². The first kappa shape index (κ1) is 11.1. The zero-order valence-corrected chi connectivity index (χ0v) is 9.60. The van der Waals surface area contributed by atoms with Crippen LogP contribution in [0.3, 0.4) is 0 Å². The molecular weight excluding hydrogens is 204 g/mol. The van der Waals surface area contributed by atoms with E-state index in [4.69, 9.17) is 9.47 Å². The zero-order valence-electron chi connectivity index (χ0n) is 9.60. The predicted molar refractivity (Wildman–Crippen MR) is 59.9 cm³/mol. The van der Waals surface area contributed by atoms with E-state index in [2.05, 4.69) is 0 Å². The Morgan fingerprint density at radius 2 is 2.06 bits per heavy atom. The molecule has 0 radical (unpaired) electrons. The molecule has 3 heteroatoms. The molecule has 0 spiro atoms. The highest BCUT2D eigenvalue weighted by atomic mass is 16.5. The van der Waals surface area contributed by atoms with Gasteiger partial charge in [-0.2, -0.15) is 0 Å². The van der Waals surface area contributed by atoms with Gasteiger partial charge >= 0.3 is 5.97 Å². The van der Waals surface area contributed by atoms with Crippen molar-refractivity contribution in [2.75, 3.05) is 6.61 Å². The molecule has 1 aliphatic heterocycles. The summed E-state index contributed by atoms with van der Waals surface area (Å²) in [4.78, 5) is 11.4. The van der Waals surface area contributed by atoms with E-state index in [9.17, 15) is 4.79 Å². The van der Waals surface area contributed by atoms with Crippen LogP contribution in [0, 0.1) is 0 Å². The van der Waals surface area contributed by atoms with Gasteiger partial charge in [0.05, 0.1) is 25.2 Å². The van der Waals surface area contributed by atoms with Gasteiger partial charge in [0, 0.05) is 0 Å². The molecule has 1 aromatic rings. The molecule has 1 aromatic carbocycles. The van der Waals surface area contributed by atoms with Gasteiger partial charge in [-0.15, -0.1) is 0 Å². The summed E-state index contributed by atoms with van der Waals surface area (Å²) in [5.74, 6) is -0.198. The van der Waals surface area contributed by atoms with Crippen molar-refractivity contribution in [3.8, 4) is 0 Å². The fourth-order valence-electron chi connectivity index (χ4n) is 2.10. The highest BCUT2D eigenvalue weighted by molar-refractivity contribution is 5.70. The first-order chi connectivity index (χ1) is 7.72. The van der Waals surface area contributed by atoms with Gasteiger partial charge < -0.3 is 9.47 Å². The molecule has 0 saturated carbocycles. The number of hydrogen-bond acceptors (Lipinski definition) is 3. The minimum absolute atomic E-state index is 0.0654. The summed E-state index contributed by atoms with van der Waals surface area (Å²) < 4.78 is 10.7. The second-order valence-electron chi connectivity index (χ2n) is 3.91. The van der Waals surface area contributed by atoms with E-state index >= 15 is 0 Å². The topological polar surface area (TPSA) is 35.5 Å². The number of benzene rings is 1. The molecule has 0 amide bonds. The number of carbonyl (C=O) groups is 1. The molecule has 1 heterocycles. The van der Waals surface area contributed by atoms with Crippen molar-refractivity contribution < 1.29 is 14.3 Å². The third-order valence-electron chi connectivity index (χ3n) is 2.81. The van der Waals surface area contributed by atoms with Gasteiger partial charge in [0.25, 0.3) is 0 Å². The van der Waals surface area contributed by atoms with E-state index in [0.717, 1.165) is 5.56 Å². The van der Waals surface area contributed by atoms with Crippen LogP contribution in [0.5, 0.6) is 0 Å². The van der Waals surface area contributed by atoms with Gasteiger partial charge in [-0.05, 0) is 25.0 Å². The number of ether oxygens (including phenoxy) is 2. The van der Waals surface area contributed by atoms with E-state index < -0.39 is 0 Å². The van der Waals surface area contributed by atoms with Crippen LogP contribution in [0.15, 0.2) is 24.3 Å². The van der Waals surface area contributed by atoms with Gasteiger partial charge in [-0.3, -0.25) is 4.79 Å². The summed E-state index contributed by atoms with van der Waals surface area (Å²) in [6.45, 7) is 4.23. The lowest BCUT2D eigenvalue weighted by Gasteiger charge is -2.11. The average molecular weight is 220 g/mol. The summed E-state index contributed by atoms with van der Waals surface area (Å²) in [6.07, 6.45) is 0.218. The number of carbonyl (C=O) groups excluding carboxylic acids is 1. The number of esters is 1. The molecule has 0 bridgehead atoms. The third kappa shape index (κ3) is 2.09. The zero-order chi connectivity index (χ0) is 11.5. The summed E-state index contributed by atoms with van der Waals surface area (Å²) in [6, 6.07) is 8.03. The predicted octanol–water partition coefficient (Wildman–Crippen LogP) is 2.77. The minimum Gasteiger partial charge on any atom is -0.466 e. The van der Waals surface area contributed by atoms with Crippen molar-refractivity contribution >= 4 is 5.97 Å². The highest BCUT2D eigenvalue weighted by Gasteiger charge is 2.30. The fourth-order valence-corrected chi connectivity index (χ4v) is 2.10. The quantitative estimate of drug-likeness (QED) is 0.735. The molecule has 0 aliphatic carbocycles. The van der Waals surface area contributed by atoms with Crippen molar-refractivity contribution in [2.24, 2.45) is 0 Å². The second-order valence-corrected chi connectivity index (χ2v) is 3.91. The van der Waals surface area contributed by atoms with E-state index in [1.165, 1.54) is 5.56 Å². The molecule has 2 rings (SSSR count). The molecule has 0 fully saturated rings. The number of fused-ring (bicyclic) bond motifs is 1. The maximum Gasteiger partial charge on any atom is 0.308 e. The van der Waals surface area contributed by atoms with Crippen LogP contribution < -0.4 is 0 Å². The summed E-state index contributed by atoms with van der Waals surface area (Å²) in [5, 5.41) is 0. The Kier molecular flexibility index (Phi) is 3.25. The van der Waals surface area contributed by atoms with Crippen LogP contribution in [0.2, 0.25) is 0 Å². The second kappa shape index (κ2) is 4.66. The first-order valence-corrected chi connectivity index (χ1v) is 5.62. The summed E-state index contributed by atoms with van der Waals surface area (Å²) in [5.41, 5.74) is 2.29. The fraction of sp³-hybridized carbons (Fsp3) is 0.462. The monoisotopic (exact) mass is 220 g/mol. The molecule has 2 atom stereocenters. The van der Waals surface area contributed by atoms with E-state index in [1.807, 2.05) is 38.1 Å². The summed E-state index contributed by atoms with van der Waals surface area (Å²) >= 11 is 0.